The topological polar surface area (TPSA) is 41.9 Å². The van der Waals surface area contributed by atoms with Crippen molar-refractivity contribution in [1.82, 2.24) is 0 Å². The van der Waals surface area contributed by atoms with Gasteiger partial charge in [-0.3, -0.25) is 0 Å². The molecule has 0 aliphatic carbocycles. The monoisotopic (exact) mass is 679 g/mol. The Morgan fingerprint density at radius 3 is 1.96 bits per heavy atom. The summed E-state index contributed by atoms with van der Waals surface area (Å²) in [5.74, 6) is -5.68. The third-order valence-electron chi connectivity index (χ3n) is 6.86. The van der Waals surface area contributed by atoms with E-state index >= 15 is 0 Å². The van der Waals surface area contributed by atoms with Crippen LogP contribution in [0.1, 0.15) is 33.9 Å². The second-order valence-corrected chi connectivity index (χ2v) is 10.2. The summed E-state index contributed by atoms with van der Waals surface area (Å²) in [4.78, 5) is 1.18. The van der Waals surface area contributed by atoms with E-state index in [9.17, 15) is 53.4 Å². The van der Waals surface area contributed by atoms with Crippen molar-refractivity contribution in [1.29, 1.82) is 0 Å². The van der Waals surface area contributed by atoms with Crippen molar-refractivity contribution < 1.29 is 62.9 Å². The molecule has 0 bridgehead atoms. The molecule has 4 aromatic carbocycles. The standard InChI is InChI=1S/C32H24F11NO3/c33-29(34,31(38,39)40)22-8-3-6-20(14-22)17-44(28(18-45)26-12-1-2-13-27(26)30(35,36)37)23-9-5-10-24(16-23)46-19-21-7-4-11-25(15-21)47-32(41,42)43/h1-16,28,45H,17-19H2. The molecule has 0 aliphatic rings. The molecule has 0 saturated carbocycles. The van der Waals surface area contributed by atoms with E-state index in [0.717, 1.165) is 36.4 Å². The quantitative estimate of drug-likeness (QED) is 0.161. The highest BCUT2D eigenvalue weighted by atomic mass is 19.4. The summed E-state index contributed by atoms with van der Waals surface area (Å²) in [6, 6.07) is 16.4. The van der Waals surface area contributed by atoms with E-state index < -0.39 is 66.3 Å². The highest BCUT2D eigenvalue weighted by molar-refractivity contribution is 5.54. The van der Waals surface area contributed by atoms with Crippen molar-refractivity contribution in [2.75, 3.05) is 11.5 Å². The van der Waals surface area contributed by atoms with Gasteiger partial charge in [-0.25, -0.2) is 0 Å². The van der Waals surface area contributed by atoms with Gasteiger partial charge in [0.1, 0.15) is 18.1 Å². The van der Waals surface area contributed by atoms with Crippen LogP contribution in [-0.4, -0.2) is 24.3 Å². The van der Waals surface area contributed by atoms with Crippen LogP contribution in [0.2, 0.25) is 0 Å². The molecular weight excluding hydrogens is 655 g/mol. The number of aliphatic hydroxyl groups excluding tert-OH is 1. The number of hydrogen-bond acceptors (Lipinski definition) is 4. The fourth-order valence-electron chi connectivity index (χ4n) is 4.77. The van der Waals surface area contributed by atoms with Gasteiger partial charge in [0.15, 0.2) is 0 Å². The average molecular weight is 680 g/mol. The van der Waals surface area contributed by atoms with Crippen LogP contribution in [0.15, 0.2) is 97.1 Å². The predicted octanol–water partition coefficient (Wildman–Crippen LogP) is 9.58. The van der Waals surface area contributed by atoms with Gasteiger partial charge in [0, 0.05) is 23.9 Å². The molecule has 4 aromatic rings. The van der Waals surface area contributed by atoms with Crippen molar-refractivity contribution in [3.05, 3.63) is 125 Å². The second kappa shape index (κ2) is 13.7. The van der Waals surface area contributed by atoms with Crippen molar-refractivity contribution >= 4 is 5.69 Å². The number of halogens is 11. The molecule has 0 radical (unpaired) electrons. The highest BCUT2D eigenvalue weighted by Crippen LogP contribution is 2.44. The van der Waals surface area contributed by atoms with Gasteiger partial charge in [-0.1, -0.05) is 54.6 Å². The number of alkyl halides is 11. The van der Waals surface area contributed by atoms with Gasteiger partial charge in [0.25, 0.3) is 0 Å². The van der Waals surface area contributed by atoms with Crippen LogP contribution in [0.3, 0.4) is 0 Å². The fourth-order valence-corrected chi connectivity index (χ4v) is 4.77. The maximum Gasteiger partial charge on any atom is 0.573 e. The van der Waals surface area contributed by atoms with Gasteiger partial charge >= 0.3 is 24.6 Å². The lowest BCUT2D eigenvalue weighted by molar-refractivity contribution is -0.289. The van der Waals surface area contributed by atoms with Gasteiger partial charge in [-0.15, -0.1) is 13.2 Å². The van der Waals surface area contributed by atoms with Crippen LogP contribution < -0.4 is 14.4 Å². The summed E-state index contributed by atoms with van der Waals surface area (Å²) < 4.78 is 157. The van der Waals surface area contributed by atoms with Crippen LogP contribution in [0.4, 0.5) is 54.0 Å². The molecule has 0 amide bonds. The Labute approximate surface area is 260 Å². The van der Waals surface area contributed by atoms with Crippen molar-refractivity contribution in [2.45, 2.75) is 43.8 Å². The number of benzene rings is 4. The van der Waals surface area contributed by atoms with E-state index in [4.69, 9.17) is 4.74 Å². The third-order valence-corrected chi connectivity index (χ3v) is 6.86. The largest absolute Gasteiger partial charge is 0.573 e. The molecule has 1 unspecified atom stereocenters. The zero-order valence-corrected chi connectivity index (χ0v) is 23.8. The molecule has 0 aromatic heterocycles. The molecule has 4 rings (SSSR count). The van der Waals surface area contributed by atoms with Crippen LogP contribution >= 0.6 is 0 Å². The number of aliphatic hydroxyl groups is 1. The number of nitrogens with zero attached hydrogens (tertiary/aromatic N) is 1. The molecule has 47 heavy (non-hydrogen) atoms. The minimum Gasteiger partial charge on any atom is -0.489 e. The first-order valence-electron chi connectivity index (χ1n) is 13.5. The lowest BCUT2D eigenvalue weighted by atomic mass is 9.97. The number of ether oxygens (including phenoxy) is 2. The van der Waals surface area contributed by atoms with Crippen molar-refractivity contribution in [2.24, 2.45) is 0 Å². The average Bonchev–Trinajstić information content (AvgIpc) is 2.99. The first-order valence-corrected chi connectivity index (χ1v) is 13.5. The van der Waals surface area contributed by atoms with E-state index in [0.29, 0.717) is 12.1 Å². The van der Waals surface area contributed by atoms with Gasteiger partial charge in [-0.2, -0.15) is 35.1 Å². The van der Waals surface area contributed by atoms with Crippen LogP contribution in [0.5, 0.6) is 11.5 Å². The molecule has 0 aliphatic heterocycles. The number of hydrogen-bond donors (Lipinski definition) is 1. The SMILES string of the molecule is OCC(c1ccccc1C(F)(F)F)N(Cc1cccc(C(F)(F)C(F)(F)F)c1)c1cccc(OCc2cccc(OC(F)(F)F)c2)c1. The number of anilines is 1. The van der Waals surface area contributed by atoms with Crippen LogP contribution in [0, 0.1) is 0 Å². The molecule has 0 saturated heterocycles. The Morgan fingerprint density at radius 1 is 0.660 bits per heavy atom. The third kappa shape index (κ3) is 8.84. The van der Waals surface area contributed by atoms with E-state index in [1.165, 1.54) is 53.4 Å². The minimum absolute atomic E-state index is 0.0628. The van der Waals surface area contributed by atoms with Gasteiger partial charge < -0.3 is 19.5 Å². The summed E-state index contributed by atoms with van der Waals surface area (Å²) >= 11 is 0. The smallest absolute Gasteiger partial charge is 0.489 e. The second-order valence-electron chi connectivity index (χ2n) is 10.2. The first kappa shape index (κ1) is 35.3. The zero-order valence-electron chi connectivity index (χ0n) is 23.8. The van der Waals surface area contributed by atoms with Crippen molar-refractivity contribution in [3.63, 3.8) is 0 Å². The Bertz CT molecular complexity index is 1650. The van der Waals surface area contributed by atoms with Gasteiger partial charge in [-0.05, 0) is 53.1 Å². The lowest BCUT2D eigenvalue weighted by Gasteiger charge is -2.35. The van der Waals surface area contributed by atoms with Crippen LogP contribution in [-0.2, 0) is 25.3 Å². The summed E-state index contributed by atoms with van der Waals surface area (Å²) in [6.45, 7) is -1.77. The summed E-state index contributed by atoms with van der Waals surface area (Å²) in [7, 11) is 0. The minimum atomic E-state index is -5.92. The molecule has 4 nitrogen and oxygen atoms in total. The highest BCUT2D eigenvalue weighted by Gasteiger charge is 2.58. The molecular formula is C32H24F11NO3. The lowest BCUT2D eigenvalue weighted by Crippen LogP contribution is -2.34. The van der Waals surface area contributed by atoms with E-state index in [1.807, 2.05) is 0 Å². The molecule has 0 spiro atoms. The summed E-state index contributed by atoms with van der Waals surface area (Å²) in [5.41, 5.74) is -2.75. The van der Waals surface area contributed by atoms with Gasteiger partial charge in [0.05, 0.1) is 18.2 Å². The zero-order chi connectivity index (χ0) is 34.6. The Kier molecular flexibility index (Phi) is 10.3. The summed E-state index contributed by atoms with van der Waals surface area (Å²) in [5, 5.41) is 10.4. The predicted molar refractivity (Wildman–Crippen MR) is 148 cm³/mol. The molecule has 1 N–H and O–H groups in total. The van der Waals surface area contributed by atoms with E-state index in [-0.39, 0.29) is 29.2 Å². The molecule has 15 heteroatoms. The van der Waals surface area contributed by atoms with Crippen molar-refractivity contribution in [3.8, 4) is 11.5 Å². The molecule has 252 valence electrons. The maximum absolute atomic E-state index is 14.2. The normalized spacial score (nSPS) is 13.3. The summed E-state index contributed by atoms with van der Waals surface area (Å²) in [6.07, 6.45) is -15.7. The Balaban J connectivity index is 1.73. The van der Waals surface area contributed by atoms with Gasteiger partial charge in [0.2, 0.25) is 0 Å². The van der Waals surface area contributed by atoms with E-state index in [1.54, 1.807) is 0 Å². The fraction of sp³-hybridized carbons (Fsp3) is 0.250. The Hall–Kier alpha value is -4.53. The molecule has 0 fully saturated rings. The number of rotatable bonds is 11. The Morgan fingerprint density at radius 2 is 1.30 bits per heavy atom. The maximum atomic E-state index is 14.2. The molecule has 1 atom stereocenters. The van der Waals surface area contributed by atoms with Crippen LogP contribution in [0.25, 0.3) is 0 Å². The first-order chi connectivity index (χ1) is 21.9. The molecule has 0 heterocycles. The van der Waals surface area contributed by atoms with E-state index in [2.05, 4.69) is 4.74 Å².